The molecule has 0 amide bonds. The van der Waals surface area contributed by atoms with Crippen LogP contribution in [0.25, 0.3) is 0 Å². The molecule has 0 bridgehead atoms. The third-order valence-corrected chi connectivity index (χ3v) is 3.32. The second kappa shape index (κ2) is 5.63. The Kier molecular flexibility index (Phi) is 4.76. The summed E-state index contributed by atoms with van der Waals surface area (Å²) in [6.45, 7) is 4.90. The number of aryl methyl sites for hydroxylation is 2. The van der Waals surface area contributed by atoms with E-state index in [1.165, 1.54) is 5.69 Å². The maximum atomic E-state index is 4.34. The van der Waals surface area contributed by atoms with Gasteiger partial charge in [0.1, 0.15) is 0 Å². The summed E-state index contributed by atoms with van der Waals surface area (Å²) in [5.74, 6) is 0. The first-order valence-electron chi connectivity index (χ1n) is 5.05. The standard InChI is InChI=1S/C10H19BrN4/c1-8-10(11)9(15(4)13-8)7-12-5-6-14(2)3/h12H,5-7H2,1-4H3. The van der Waals surface area contributed by atoms with E-state index in [1.54, 1.807) is 0 Å². The van der Waals surface area contributed by atoms with E-state index in [0.717, 1.165) is 29.8 Å². The molecule has 1 heterocycles. The van der Waals surface area contributed by atoms with Gasteiger partial charge in [-0.2, -0.15) is 5.10 Å². The summed E-state index contributed by atoms with van der Waals surface area (Å²) in [6.07, 6.45) is 0. The molecule has 15 heavy (non-hydrogen) atoms. The largest absolute Gasteiger partial charge is 0.310 e. The highest BCUT2D eigenvalue weighted by atomic mass is 79.9. The number of halogens is 1. The molecule has 0 saturated heterocycles. The van der Waals surface area contributed by atoms with Crippen LogP contribution in [-0.2, 0) is 13.6 Å². The van der Waals surface area contributed by atoms with Crippen LogP contribution in [0.2, 0.25) is 0 Å². The summed E-state index contributed by atoms with van der Waals surface area (Å²) in [5.41, 5.74) is 2.24. The quantitative estimate of drug-likeness (QED) is 0.818. The lowest BCUT2D eigenvalue weighted by Gasteiger charge is -2.10. The fraction of sp³-hybridized carbons (Fsp3) is 0.700. The molecule has 86 valence electrons. The van der Waals surface area contributed by atoms with Crippen LogP contribution in [-0.4, -0.2) is 41.9 Å². The first-order valence-corrected chi connectivity index (χ1v) is 5.85. The summed E-state index contributed by atoms with van der Waals surface area (Å²) in [5, 5.41) is 7.74. The molecule has 1 N–H and O–H groups in total. The molecule has 0 aliphatic rings. The van der Waals surface area contributed by atoms with Gasteiger partial charge in [0.15, 0.2) is 0 Å². The second-order valence-corrected chi connectivity index (χ2v) is 4.74. The van der Waals surface area contributed by atoms with Crippen molar-refractivity contribution in [1.82, 2.24) is 20.0 Å². The Balaban J connectivity index is 2.44. The Morgan fingerprint density at radius 1 is 1.47 bits per heavy atom. The number of aromatic nitrogens is 2. The van der Waals surface area contributed by atoms with Crippen LogP contribution < -0.4 is 5.32 Å². The van der Waals surface area contributed by atoms with E-state index in [-0.39, 0.29) is 0 Å². The highest BCUT2D eigenvalue weighted by Crippen LogP contribution is 2.19. The van der Waals surface area contributed by atoms with Gasteiger partial charge in [0.2, 0.25) is 0 Å². The topological polar surface area (TPSA) is 33.1 Å². The molecule has 1 aromatic heterocycles. The molecule has 0 saturated carbocycles. The van der Waals surface area contributed by atoms with Crippen LogP contribution >= 0.6 is 15.9 Å². The normalized spacial score (nSPS) is 11.3. The van der Waals surface area contributed by atoms with Gasteiger partial charge in [0.05, 0.1) is 15.9 Å². The van der Waals surface area contributed by atoms with Gasteiger partial charge >= 0.3 is 0 Å². The van der Waals surface area contributed by atoms with Gasteiger partial charge in [-0.1, -0.05) is 0 Å². The molecular weight excluding hydrogens is 256 g/mol. The molecule has 0 aliphatic heterocycles. The van der Waals surface area contributed by atoms with Crippen molar-refractivity contribution >= 4 is 15.9 Å². The minimum absolute atomic E-state index is 0.853. The van der Waals surface area contributed by atoms with Crippen LogP contribution in [0.1, 0.15) is 11.4 Å². The minimum atomic E-state index is 0.853. The van der Waals surface area contributed by atoms with E-state index in [9.17, 15) is 0 Å². The fourth-order valence-electron chi connectivity index (χ4n) is 1.38. The van der Waals surface area contributed by atoms with Crippen LogP contribution in [0.4, 0.5) is 0 Å². The van der Waals surface area contributed by atoms with E-state index >= 15 is 0 Å². The zero-order chi connectivity index (χ0) is 11.4. The van der Waals surface area contributed by atoms with Crippen molar-refractivity contribution in [1.29, 1.82) is 0 Å². The van der Waals surface area contributed by atoms with Gasteiger partial charge in [-0.3, -0.25) is 4.68 Å². The third-order valence-electron chi connectivity index (χ3n) is 2.29. The van der Waals surface area contributed by atoms with Gasteiger partial charge in [-0.25, -0.2) is 0 Å². The zero-order valence-electron chi connectivity index (χ0n) is 9.84. The van der Waals surface area contributed by atoms with Crippen LogP contribution in [0.3, 0.4) is 0 Å². The van der Waals surface area contributed by atoms with Crippen molar-refractivity contribution in [3.63, 3.8) is 0 Å². The van der Waals surface area contributed by atoms with Gasteiger partial charge < -0.3 is 10.2 Å². The predicted octanol–water partition coefficient (Wildman–Crippen LogP) is 1.14. The highest BCUT2D eigenvalue weighted by molar-refractivity contribution is 9.10. The molecule has 5 heteroatoms. The van der Waals surface area contributed by atoms with E-state index in [4.69, 9.17) is 0 Å². The summed E-state index contributed by atoms with van der Waals surface area (Å²) in [6, 6.07) is 0. The maximum Gasteiger partial charge on any atom is 0.0739 e. The number of hydrogen-bond acceptors (Lipinski definition) is 3. The molecule has 0 atom stereocenters. The molecule has 0 fully saturated rings. The molecule has 0 aliphatic carbocycles. The molecule has 0 aromatic carbocycles. The SMILES string of the molecule is Cc1nn(C)c(CNCCN(C)C)c1Br. The average Bonchev–Trinajstić information content (AvgIpc) is 2.37. The van der Waals surface area contributed by atoms with Crippen molar-refractivity contribution in [3.05, 3.63) is 15.9 Å². The lowest BCUT2D eigenvalue weighted by Crippen LogP contribution is -2.26. The Hall–Kier alpha value is -0.390. The monoisotopic (exact) mass is 274 g/mol. The molecule has 0 spiro atoms. The Morgan fingerprint density at radius 3 is 2.60 bits per heavy atom. The van der Waals surface area contributed by atoms with Crippen molar-refractivity contribution in [2.75, 3.05) is 27.2 Å². The van der Waals surface area contributed by atoms with Gasteiger partial charge in [0, 0.05) is 26.7 Å². The molecule has 1 aromatic rings. The van der Waals surface area contributed by atoms with Crippen molar-refractivity contribution in [3.8, 4) is 0 Å². The molecule has 1 rings (SSSR count). The number of nitrogens with zero attached hydrogens (tertiary/aromatic N) is 3. The van der Waals surface area contributed by atoms with E-state index in [2.05, 4.69) is 45.3 Å². The summed E-state index contributed by atoms with van der Waals surface area (Å²) < 4.78 is 3.03. The van der Waals surface area contributed by atoms with Gasteiger partial charge in [0.25, 0.3) is 0 Å². The Bertz CT molecular complexity index is 319. The number of nitrogens with one attached hydrogen (secondary N) is 1. The molecule has 0 unspecified atom stereocenters. The van der Waals surface area contributed by atoms with Crippen molar-refractivity contribution in [2.45, 2.75) is 13.5 Å². The predicted molar refractivity (Wildman–Crippen MR) is 65.9 cm³/mol. The Morgan fingerprint density at radius 2 is 2.13 bits per heavy atom. The van der Waals surface area contributed by atoms with Crippen molar-refractivity contribution in [2.24, 2.45) is 7.05 Å². The van der Waals surface area contributed by atoms with Gasteiger partial charge in [-0.05, 0) is 36.9 Å². The Labute approximate surface area is 99.8 Å². The lowest BCUT2D eigenvalue weighted by atomic mass is 10.3. The number of likely N-dealkylation sites (N-methyl/N-ethyl adjacent to an activating group) is 1. The summed E-state index contributed by atoms with van der Waals surface area (Å²) in [4.78, 5) is 2.16. The van der Waals surface area contributed by atoms with Crippen molar-refractivity contribution < 1.29 is 0 Å². The minimum Gasteiger partial charge on any atom is -0.310 e. The van der Waals surface area contributed by atoms with Crippen LogP contribution in [0.5, 0.6) is 0 Å². The highest BCUT2D eigenvalue weighted by Gasteiger charge is 2.09. The van der Waals surface area contributed by atoms with Crippen LogP contribution in [0, 0.1) is 6.92 Å². The summed E-state index contributed by atoms with van der Waals surface area (Å²) in [7, 11) is 6.12. The summed E-state index contributed by atoms with van der Waals surface area (Å²) >= 11 is 3.55. The van der Waals surface area contributed by atoms with E-state index in [1.807, 2.05) is 18.7 Å². The van der Waals surface area contributed by atoms with Crippen LogP contribution in [0.15, 0.2) is 4.47 Å². The number of hydrogen-bond donors (Lipinski definition) is 1. The smallest absolute Gasteiger partial charge is 0.0739 e. The fourth-order valence-corrected chi connectivity index (χ4v) is 1.86. The zero-order valence-corrected chi connectivity index (χ0v) is 11.4. The van der Waals surface area contributed by atoms with E-state index in [0.29, 0.717) is 0 Å². The molecule has 0 radical (unpaired) electrons. The maximum absolute atomic E-state index is 4.34. The van der Waals surface area contributed by atoms with E-state index < -0.39 is 0 Å². The first-order chi connectivity index (χ1) is 7.02. The molecular formula is C10H19BrN4. The first kappa shape index (κ1) is 12.7. The van der Waals surface area contributed by atoms with Gasteiger partial charge in [-0.15, -0.1) is 0 Å². The molecule has 4 nitrogen and oxygen atoms in total. The second-order valence-electron chi connectivity index (χ2n) is 3.95. The lowest BCUT2D eigenvalue weighted by molar-refractivity contribution is 0.398. The third kappa shape index (κ3) is 3.59. The average molecular weight is 275 g/mol. The number of rotatable bonds is 5.